The van der Waals surface area contributed by atoms with Gasteiger partial charge in [0.25, 0.3) is 0 Å². The normalized spacial score (nSPS) is 13.8. The molecular formula is C15H17N3O4. The van der Waals surface area contributed by atoms with E-state index in [0.29, 0.717) is 22.5 Å². The van der Waals surface area contributed by atoms with Crippen LogP contribution in [-0.2, 0) is 19.1 Å². The number of nitriles is 2. The molecule has 1 N–H and O–H groups in total. The number of hydrogen-bond donors (Lipinski definition) is 1. The summed E-state index contributed by atoms with van der Waals surface area (Å²) >= 11 is 0. The summed E-state index contributed by atoms with van der Waals surface area (Å²) in [6.45, 7) is 3.44. The van der Waals surface area contributed by atoms with Crippen LogP contribution in [0.2, 0.25) is 0 Å². The summed E-state index contributed by atoms with van der Waals surface area (Å²) in [5.41, 5.74) is 1.87. The van der Waals surface area contributed by atoms with E-state index in [0.717, 1.165) is 0 Å². The van der Waals surface area contributed by atoms with Gasteiger partial charge >= 0.3 is 11.9 Å². The Kier molecular flexibility index (Phi) is 6.65. The molecule has 0 radical (unpaired) electrons. The second kappa shape index (κ2) is 8.48. The van der Waals surface area contributed by atoms with Crippen LogP contribution >= 0.6 is 0 Å². The molecule has 0 fully saturated rings. The lowest BCUT2D eigenvalue weighted by Crippen LogP contribution is -2.27. The van der Waals surface area contributed by atoms with Gasteiger partial charge in [-0.05, 0) is 13.8 Å². The molecule has 0 aliphatic carbocycles. The van der Waals surface area contributed by atoms with E-state index in [9.17, 15) is 9.59 Å². The number of nitrogens with one attached hydrogen (secondary N) is 1. The van der Waals surface area contributed by atoms with Crippen LogP contribution < -0.4 is 5.32 Å². The highest BCUT2D eigenvalue weighted by molar-refractivity contribution is 5.96. The SMILES string of the molecule is CC1=C(C(=O)OCCC#N)CC(C(=O)OCCC#N)=C(C)N1. The zero-order chi connectivity index (χ0) is 16.5. The number of nitrogens with zero attached hydrogens (tertiary/aromatic N) is 2. The van der Waals surface area contributed by atoms with E-state index in [2.05, 4.69) is 5.32 Å². The lowest BCUT2D eigenvalue weighted by atomic mass is 9.98. The maximum absolute atomic E-state index is 12.0. The van der Waals surface area contributed by atoms with Crippen LogP contribution in [0.15, 0.2) is 22.5 Å². The first-order chi connectivity index (χ1) is 10.5. The Bertz CT molecular complexity index is 553. The lowest BCUT2D eigenvalue weighted by molar-refractivity contribution is -0.139. The average molecular weight is 303 g/mol. The van der Waals surface area contributed by atoms with E-state index in [1.807, 2.05) is 12.1 Å². The minimum absolute atomic E-state index is 0.0107. The van der Waals surface area contributed by atoms with Crippen molar-refractivity contribution in [2.75, 3.05) is 13.2 Å². The highest BCUT2D eigenvalue weighted by Crippen LogP contribution is 2.24. The Labute approximate surface area is 128 Å². The van der Waals surface area contributed by atoms with Gasteiger partial charge in [0.05, 0.1) is 36.1 Å². The fourth-order valence-electron chi connectivity index (χ4n) is 1.88. The van der Waals surface area contributed by atoms with Crippen molar-refractivity contribution < 1.29 is 19.1 Å². The van der Waals surface area contributed by atoms with Crippen LogP contribution in [0, 0.1) is 22.7 Å². The molecular weight excluding hydrogens is 286 g/mol. The van der Waals surface area contributed by atoms with Crippen LogP contribution in [0.1, 0.15) is 33.1 Å². The van der Waals surface area contributed by atoms with Crippen LogP contribution in [0.3, 0.4) is 0 Å². The number of hydrogen-bond acceptors (Lipinski definition) is 7. The van der Waals surface area contributed by atoms with Crippen molar-refractivity contribution in [3.8, 4) is 12.1 Å². The third-order valence-electron chi connectivity index (χ3n) is 3.02. The molecule has 0 atom stereocenters. The summed E-state index contributed by atoms with van der Waals surface area (Å²) in [6, 6.07) is 3.76. The molecule has 116 valence electrons. The van der Waals surface area contributed by atoms with E-state index in [1.165, 1.54) is 0 Å². The topological polar surface area (TPSA) is 112 Å². The molecule has 7 nitrogen and oxygen atoms in total. The van der Waals surface area contributed by atoms with Crippen molar-refractivity contribution in [3.63, 3.8) is 0 Å². The van der Waals surface area contributed by atoms with Crippen molar-refractivity contribution in [2.45, 2.75) is 33.1 Å². The van der Waals surface area contributed by atoms with E-state index in [1.54, 1.807) is 13.8 Å². The number of ether oxygens (including phenoxy) is 2. The summed E-state index contributed by atoms with van der Waals surface area (Å²) in [5.74, 6) is -1.12. The first kappa shape index (κ1) is 17.3. The zero-order valence-corrected chi connectivity index (χ0v) is 12.6. The molecule has 1 rings (SSSR count). The molecule has 0 spiro atoms. The van der Waals surface area contributed by atoms with Gasteiger partial charge in [-0.25, -0.2) is 9.59 Å². The monoisotopic (exact) mass is 303 g/mol. The lowest BCUT2D eigenvalue weighted by Gasteiger charge is -2.22. The predicted molar refractivity (Wildman–Crippen MR) is 75.5 cm³/mol. The van der Waals surface area contributed by atoms with E-state index in [4.69, 9.17) is 20.0 Å². The third-order valence-corrected chi connectivity index (χ3v) is 3.02. The molecule has 0 aromatic heterocycles. The van der Waals surface area contributed by atoms with Crippen LogP contribution in [-0.4, -0.2) is 25.2 Å². The number of esters is 2. The molecule has 1 heterocycles. The van der Waals surface area contributed by atoms with Crippen LogP contribution in [0.4, 0.5) is 0 Å². The molecule has 0 aromatic rings. The summed E-state index contributed by atoms with van der Waals surface area (Å²) in [7, 11) is 0. The van der Waals surface area contributed by atoms with Crippen molar-refractivity contribution in [2.24, 2.45) is 0 Å². The molecule has 1 aliphatic rings. The number of carbonyl (C=O) groups excluding carboxylic acids is 2. The third kappa shape index (κ3) is 4.64. The number of rotatable bonds is 6. The molecule has 0 saturated heterocycles. The predicted octanol–water partition coefficient (Wildman–Crippen LogP) is 1.44. The first-order valence-electron chi connectivity index (χ1n) is 6.76. The molecule has 1 aliphatic heterocycles. The largest absolute Gasteiger partial charge is 0.461 e. The minimum Gasteiger partial charge on any atom is -0.461 e. The van der Waals surface area contributed by atoms with Gasteiger partial charge in [0, 0.05) is 17.8 Å². The van der Waals surface area contributed by atoms with E-state index in [-0.39, 0.29) is 32.5 Å². The molecule has 7 heteroatoms. The molecule has 0 bridgehead atoms. The van der Waals surface area contributed by atoms with Gasteiger partial charge in [0.2, 0.25) is 0 Å². The van der Waals surface area contributed by atoms with Gasteiger partial charge in [0.1, 0.15) is 13.2 Å². The Balaban J connectivity index is 2.73. The van der Waals surface area contributed by atoms with Gasteiger partial charge in [-0.15, -0.1) is 0 Å². The van der Waals surface area contributed by atoms with Crippen molar-refractivity contribution >= 4 is 11.9 Å². The Hall–Kier alpha value is -2.80. The second-order valence-corrected chi connectivity index (χ2v) is 4.60. The highest BCUT2D eigenvalue weighted by Gasteiger charge is 2.26. The van der Waals surface area contributed by atoms with Crippen LogP contribution in [0.5, 0.6) is 0 Å². The standard InChI is InChI=1S/C15H17N3O4/c1-10-12(14(19)21-7-3-5-16)9-13(11(2)18-10)15(20)22-8-4-6-17/h18H,3-4,7-9H2,1-2H3. The summed E-state index contributed by atoms with van der Waals surface area (Å²) < 4.78 is 9.95. The fraction of sp³-hybridized carbons (Fsp3) is 0.467. The second-order valence-electron chi connectivity index (χ2n) is 4.60. The Morgan fingerprint density at radius 3 is 1.77 bits per heavy atom. The number of allylic oxidation sites excluding steroid dienone is 2. The highest BCUT2D eigenvalue weighted by atomic mass is 16.5. The maximum atomic E-state index is 12.0. The Morgan fingerprint density at radius 1 is 1.00 bits per heavy atom. The van der Waals surface area contributed by atoms with Gasteiger partial charge < -0.3 is 14.8 Å². The van der Waals surface area contributed by atoms with Crippen molar-refractivity contribution in [1.29, 1.82) is 10.5 Å². The Morgan fingerprint density at radius 2 is 1.41 bits per heavy atom. The molecule has 22 heavy (non-hydrogen) atoms. The number of dihydropyridines is 1. The summed E-state index contributed by atoms with van der Waals surface area (Å²) in [6.07, 6.45) is 0.328. The molecule has 0 saturated carbocycles. The quantitative estimate of drug-likeness (QED) is 0.583. The smallest absolute Gasteiger partial charge is 0.336 e. The fourth-order valence-corrected chi connectivity index (χ4v) is 1.88. The van der Waals surface area contributed by atoms with Gasteiger partial charge in [-0.3, -0.25) is 0 Å². The summed E-state index contributed by atoms with van der Waals surface area (Å²) in [5, 5.41) is 19.8. The van der Waals surface area contributed by atoms with Crippen molar-refractivity contribution in [3.05, 3.63) is 22.5 Å². The van der Waals surface area contributed by atoms with Gasteiger partial charge in [0.15, 0.2) is 0 Å². The average Bonchev–Trinajstić information content (AvgIpc) is 2.47. The minimum atomic E-state index is -0.560. The van der Waals surface area contributed by atoms with Gasteiger partial charge in [-0.1, -0.05) is 0 Å². The van der Waals surface area contributed by atoms with Crippen LogP contribution in [0.25, 0.3) is 0 Å². The first-order valence-corrected chi connectivity index (χ1v) is 6.76. The zero-order valence-electron chi connectivity index (χ0n) is 12.6. The molecule has 0 aromatic carbocycles. The summed E-state index contributed by atoms with van der Waals surface area (Å²) in [4.78, 5) is 23.9. The van der Waals surface area contributed by atoms with Gasteiger partial charge in [-0.2, -0.15) is 10.5 Å². The van der Waals surface area contributed by atoms with Crippen molar-refractivity contribution in [1.82, 2.24) is 5.32 Å². The van der Waals surface area contributed by atoms with E-state index >= 15 is 0 Å². The maximum Gasteiger partial charge on any atom is 0.336 e. The van der Waals surface area contributed by atoms with E-state index < -0.39 is 11.9 Å². The molecule has 0 amide bonds. The molecule has 0 unspecified atom stereocenters. The number of carbonyl (C=O) groups is 2.